The van der Waals surface area contributed by atoms with Gasteiger partial charge in [0, 0.05) is 29.4 Å². The van der Waals surface area contributed by atoms with E-state index in [0.29, 0.717) is 11.6 Å². The number of nitrogens with one attached hydrogen (secondary N) is 1. The molecule has 1 aromatic carbocycles. The Kier molecular flexibility index (Phi) is 4.21. The average molecular weight is 318 g/mol. The summed E-state index contributed by atoms with van der Waals surface area (Å²) >= 11 is 5.97. The van der Waals surface area contributed by atoms with Crippen molar-refractivity contribution in [1.82, 2.24) is 14.9 Å². The summed E-state index contributed by atoms with van der Waals surface area (Å²) < 4.78 is 2.01. The molecule has 0 saturated heterocycles. The van der Waals surface area contributed by atoms with E-state index in [2.05, 4.69) is 10.3 Å². The minimum atomic E-state index is -0.181. The van der Waals surface area contributed by atoms with Crippen LogP contribution in [0.2, 0.25) is 5.02 Å². The molecule has 1 atom stereocenters. The molecular weight excluding hydrogens is 298 g/mol. The molecule has 0 spiro atoms. The molecule has 2 aromatic rings. The molecule has 1 heterocycles. The summed E-state index contributed by atoms with van der Waals surface area (Å²) in [6.45, 7) is 2.59. The monoisotopic (exact) mass is 317 g/mol. The Bertz CT molecular complexity index is 632. The molecule has 1 aliphatic rings. The molecule has 4 nitrogen and oxygen atoms in total. The molecule has 1 N–H and O–H groups in total. The molecule has 3 rings (SSSR count). The Morgan fingerprint density at radius 1 is 1.41 bits per heavy atom. The second-order valence-electron chi connectivity index (χ2n) is 6.20. The molecule has 0 bridgehead atoms. The smallest absolute Gasteiger partial charge is 0.226 e. The molecule has 1 aliphatic carbocycles. The highest BCUT2D eigenvalue weighted by atomic mass is 35.5. The van der Waals surface area contributed by atoms with Crippen molar-refractivity contribution in [2.45, 2.75) is 32.2 Å². The number of imidazole rings is 1. The van der Waals surface area contributed by atoms with Crippen molar-refractivity contribution in [2.24, 2.45) is 5.41 Å². The number of halogens is 1. The number of rotatable bonds is 5. The van der Waals surface area contributed by atoms with Crippen molar-refractivity contribution in [3.63, 3.8) is 0 Å². The van der Waals surface area contributed by atoms with Gasteiger partial charge in [-0.1, -0.05) is 37.1 Å². The van der Waals surface area contributed by atoms with Crippen LogP contribution < -0.4 is 5.32 Å². The van der Waals surface area contributed by atoms with Crippen molar-refractivity contribution >= 4 is 17.5 Å². The summed E-state index contributed by atoms with van der Waals surface area (Å²) in [7, 11) is 0. The van der Waals surface area contributed by atoms with E-state index in [-0.39, 0.29) is 17.4 Å². The molecule has 1 amide bonds. The van der Waals surface area contributed by atoms with Gasteiger partial charge in [0.25, 0.3) is 0 Å². The third-order valence-electron chi connectivity index (χ3n) is 4.60. The van der Waals surface area contributed by atoms with Gasteiger partial charge in [-0.2, -0.15) is 0 Å². The SMILES string of the molecule is CC1(C(=O)NC[C@H](c2ccc(Cl)cc2)n2ccnc2)CCC1. The first-order valence-electron chi connectivity index (χ1n) is 7.60. The highest BCUT2D eigenvalue weighted by molar-refractivity contribution is 6.30. The van der Waals surface area contributed by atoms with E-state index in [1.165, 1.54) is 0 Å². The van der Waals surface area contributed by atoms with E-state index >= 15 is 0 Å². The quantitative estimate of drug-likeness (QED) is 0.918. The molecule has 1 saturated carbocycles. The van der Waals surface area contributed by atoms with E-state index in [1.54, 1.807) is 12.5 Å². The van der Waals surface area contributed by atoms with Crippen molar-refractivity contribution in [1.29, 1.82) is 0 Å². The van der Waals surface area contributed by atoms with Gasteiger partial charge in [-0.3, -0.25) is 4.79 Å². The molecule has 0 unspecified atom stereocenters. The van der Waals surface area contributed by atoms with Gasteiger partial charge in [0.15, 0.2) is 0 Å². The first-order valence-corrected chi connectivity index (χ1v) is 7.97. The first kappa shape index (κ1) is 15.1. The Hall–Kier alpha value is -1.81. The number of hydrogen-bond acceptors (Lipinski definition) is 2. The van der Waals surface area contributed by atoms with Crippen molar-refractivity contribution < 1.29 is 4.79 Å². The lowest BCUT2D eigenvalue weighted by molar-refractivity contribution is -0.134. The van der Waals surface area contributed by atoms with Crippen LogP contribution in [0.25, 0.3) is 0 Å². The predicted octanol–water partition coefficient (Wildman–Crippen LogP) is 3.43. The van der Waals surface area contributed by atoms with Crippen LogP contribution >= 0.6 is 11.6 Å². The maximum atomic E-state index is 12.3. The highest BCUT2D eigenvalue weighted by Gasteiger charge is 2.39. The Morgan fingerprint density at radius 2 is 2.14 bits per heavy atom. The highest BCUT2D eigenvalue weighted by Crippen LogP contribution is 2.40. The molecule has 0 aliphatic heterocycles. The molecule has 116 valence electrons. The molecule has 1 aromatic heterocycles. The minimum absolute atomic E-state index is 0.0207. The number of amides is 1. The fourth-order valence-corrected chi connectivity index (χ4v) is 3.00. The lowest BCUT2D eigenvalue weighted by atomic mass is 9.70. The van der Waals surface area contributed by atoms with Crippen LogP contribution in [-0.2, 0) is 4.79 Å². The largest absolute Gasteiger partial charge is 0.353 e. The molecule has 22 heavy (non-hydrogen) atoms. The minimum Gasteiger partial charge on any atom is -0.353 e. The number of benzene rings is 1. The van der Waals surface area contributed by atoms with E-state index in [9.17, 15) is 4.79 Å². The van der Waals surface area contributed by atoms with Crippen LogP contribution in [0.5, 0.6) is 0 Å². The van der Waals surface area contributed by atoms with E-state index in [0.717, 1.165) is 24.8 Å². The molecule has 5 heteroatoms. The third-order valence-corrected chi connectivity index (χ3v) is 4.85. The fraction of sp³-hybridized carbons (Fsp3) is 0.412. The predicted molar refractivity (Wildman–Crippen MR) is 86.8 cm³/mol. The standard InChI is InChI=1S/C17H20ClN3O/c1-17(7-2-8-17)16(22)20-11-15(21-10-9-19-12-21)13-3-5-14(18)6-4-13/h3-6,9-10,12,15H,2,7-8,11H2,1H3,(H,20,22)/t15-/m1/s1. The van der Waals surface area contributed by atoms with E-state index < -0.39 is 0 Å². The first-order chi connectivity index (χ1) is 10.6. The Morgan fingerprint density at radius 3 is 2.68 bits per heavy atom. The summed E-state index contributed by atoms with van der Waals surface area (Å²) in [6.07, 6.45) is 8.54. The van der Waals surface area contributed by atoms with Gasteiger partial charge in [-0.05, 0) is 30.5 Å². The topological polar surface area (TPSA) is 46.9 Å². The summed E-state index contributed by atoms with van der Waals surface area (Å²) in [5.41, 5.74) is 0.918. The van der Waals surface area contributed by atoms with Gasteiger partial charge < -0.3 is 9.88 Å². The maximum Gasteiger partial charge on any atom is 0.226 e. The number of carbonyl (C=O) groups is 1. The second kappa shape index (κ2) is 6.13. The zero-order valence-corrected chi connectivity index (χ0v) is 13.4. The fourth-order valence-electron chi connectivity index (χ4n) is 2.87. The molecule has 1 fully saturated rings. The van der Waals surface area contributed by atoms with Crippen molar-refractivity contribution in [2.75, 3.05) is 6.54 Å². The van der Waals surface area contributed by atoms with E-state index in [4.69, 9.17) is 11.6 Å². The van der Waals surface area contributed by atoms with Gasteiger partial charge in [-0.25, -0.2) is 4.98 Å². The van der Waals surface area contributed by atoms with Gasteiger partial charge in [0.1, 0.15) is 0 Å². The lowest BCUT2D eigenvalue weighted by Crippen LogP contribution is -2.45. The van der Waals surface area contributed by atoms with Crippen LogP contribution in [0.1, 0.15) is 37.8 Å². The lowest BCUT2D eigenvalue weighted by Gasteiger charge is -2.37. The zero-order chi connectivity index (χ0) is 15.6. The van der Waals surface area contributed by atoms with Crippen molar-refractivity contribution in [3.8, 4) is 0 Å². The van der Waals surface area contributed by atoms with Gasteiger partial charge in [0.2, 0.25) is 5.91 Å². The number of aromatic nitrogens is 2. The van der Waals surface area contributed by atoms with Crippen LogP contribution in [0.15, 0.2) is 43.0 Å². The molecular formula is C17H20ClN3O. The van der Waals surface area contributed by atoms with Crippen LogP contribution in [0.3, 0.4) is 0 Å². The van der Waals surface area contributed by atoms with Crippen molar-refractivity contribution in [3.05, 3.63) is 53.6 Å². The maximum absolute atomic E-state index is 12.3. The Labute approximate surface area is 135 Å². The normalized spacial score (nSPS) is 17.5. The number of hydrogen-bond donors (Lipinski definition) is 1. The van der Waals surface area contributed by atoms with Gasteiger partial charge in [-0.15, -0.1) is 0 Å². The third kappa shape index (κ3) is 3.02. The average Bonchev–Trinajstić information content (AvgIpc) is 3.00. The molecule has 0 radical (unpaired) electrons. The van der Waals surface area contributed by atoms with Gasteiger partial charge >= 0.3 is 0 Å². The van der Waals surface area contributed by atoms with Gasteiger partial charge in [0.05, 0.1) is 12.4 Å². The summed E-state index contributed by atoms with van der Waals surface area (Å²) in [4.78, 5) is 16.5. The van der Waals surface area contributed by atoms with Crippen LogP contribution in [0, 0.1) is 5.41 Å². The Balaban J connectivity index is 1.75. The number of carbonyl (C=O) groups excluding carboxylic acids is 1. The summed E-state index contributed by atoms with van der Waals surface area (Å²) in [6, 6.07) is 7.74. The van der Waals surface area contributed by atoms with E-state index in [1.807, 2.05) is 42.0 Å². The van der Waals surface area contributed by atoms with Crippen LogP contribution in [0.4, 0.5) is 0 Å². The summed E-state index contributed by atoms with van der Waals surface area (Å²) in [5, 5.41) is 3.81. The summed E-state index contributed by atoms with van der Waals surface area (Å²) in [5.74, 6) is 0.151. The second-order valence-corrected chi connectivity index (χ2v) is 6.64. The number of nitrogens with zero attached hydrogens (tertiary/aromatic N) is 2. The van der Waals surface area contributed by atoms with Crippen LogP contribution in [-0.4, -0.2) is 22.0 Å². The zero-order valence-electron chi connectivity index (χ0n) is 12.6.